The largest absolute Gasteiger partial charge is 0.375 e. The molecule has 0 bridgehead atoms. The highest BCUT2D eigenvalue weighted by atomic mass is 16.5. The van der Waals surface area contributed by atoms with E-state index in [0.717, 1.165) is 32.8 Å². The number of morpholine rings is 1. The van der Waals surface area contributed by atoms with Gasteiger partial charge >= 0.3 is 0 Å². The maximum absolute atomic E-state index is 5.57. The Morgan fingerprint density at radius 2 is 2.47 bits per heavy atom. The number of pyridine rings is 1. The molecule has 1 aliphatic heterocycles. The van der Waals surface area contributed by atoms with Crippen LogP contribution in [-0.2, 0) is 11.3 Å². The van der Waals surface area contributed by atoms with Crippen LogP contribution in [0.25, 0.3) is 0 Å². The zero-order chi connectivity index (χ0) is 12.1. The predicted molar refractivity (Wildman–Crippen MR) is 69.2 cm³/mol. The van der Waals surface area contributed by atoms with Crippen molar-refractivity contribution in [1.29, 1.82) is 0 Å². The summed E-state index contributed by atoms with van der Waals surface area (Å²) in [4.78, 5) is 6.61. The molecular weight excluding hydrogens is 214 g/mol. The molecule has 4 heteroatoms. The first kappa shape index (κ1) is 12.3. The Bertz CT molecular complexity index is 356. The fraction of sp³-hybridized carbons (Fsp3) is 0.615. The highest BCUT2D eigenvalue weighted by Crippen LogP contribution is 2.21. The molecule has 2 heterocycles. The summed E-state index contributed by atoms with van der Waals surface area (Å²) in [6, 6.07) is 2.10. The van der Waals surface area contributed by atoms with Crippen LogP contribution >= 0.6 is 0 Å². The van der Waals surface area contributed by atoms with Gasteiger partial charge < -0.3 is 15.0 Å². The van der Waals surface area contributed by atoms with E-state index in [1.54, 1.807) is 0 Å². The number of anilines is 1. The van der Waals surface area contributed by atoms with E-state index in [2.05, 4.69) is 35.1 Å². The van der Waals surface area contributed by atoms with Gasteiger partial charge in [0.1, 0.15) is 0 Å². The zero-order valence-corrected chi connectivity index (χ0v) is 10.6. The summed E-state index contributed by atoms with van der Waals surface area (Å²) < 4.78 is 5.57. The number of nitrogens with one attached hydrogen (secondary N) is 1. The van der Waals surface area contributed by atoms with Gasteiger partial charge in [0.05, 0.1) is 24.6 Å². The number of nitrogens with zero attached hydrogens (tertiary/aromatic N) is 2. The van der Waals surface area contributed by atoms with Crippen LogP contribution < -0.4 is 10.2 Å². The van der Waals surface area contributed by atoms with Crippen molar-refractivity contribution < 1.29 is 4.74 Å². The van der Waals surface area contributed by atoms with Crippen molar-refractivity contribution in [3.63, 3.8) is 0 Å². The minimum Gasteiger partial charge on any atom is -0.375 e. The van der Waals surface area contributed by atoms with E-state index in [1.165, 1.54) is 11.3 Å². The van der Waals surface area contributed by atoms with Crippen LogP contribution in [-0.4, -0.2) is 37.3 Å². The van der Waals surface area contributed by atoms with E-state index < -0.39 is 0 Å². The molecule has 1 aromatic heterocycles. The van der Waals surface area contributed by atoms with Crippen LogP contribution in [0.15, 0.2) is 18.5 Å². The summed E-state index contributed by atoms with van der Waals surface area (Å²) in [5.41, 5.74) is 2.56. The molecule has 1 unspecified atom stereocenters. The zero-order valence-electron chi connectivity index (χ0n) is 10.6. The second kappa shape index (κ2) is 5.98. The van der Waals surface area contributed by atoms with E-state index in [1.807, 2.05) is 12.4 Å². The van der Waals surface area contributed by atoms with Crippen molar-refractivity contribution >= 4 is 5.69 Å². The van der Waals surface area contributed by atoms with E-state index >= 15 is 0 Å². The lowest BCUT2D eigenvalue weighted by Gasteiger charge is -2.33. The SMILES string of the molecule is CCNCc1ccncc1N1CCOC(C)C1. The van der Waals surface area contributed by atoms with Crippen molar-refractivity contribution in [2.45, 2.75) is 26.5 Å². The van der Waals surface area contributed by atoms with Crippen molar-refractivity contribution in [1.82, 2.24) is 10.3 Å². The Morgan fingerprint density at radius 1 is 1.59 bits per heavy atom. The first-order valence-corrected chi connectivity index (χ1v) is 6.31. The molecule has 0 saturated carbocycles. The lowest BCUT2D eigenvalue weighted by atomic mass is 10.2. The second-order valence-electron chi connectivity index (χ2n) is 4.41. The fourth-order valence-corrected chi connectivity index (χ4v) is 2.15. The van der Waals surface area contributed by atoms with Crippen molar-refractivity contribution in [3.8, 4) is 0 Å². The van der Waals surface area contributed by atoms with Gasteiger partial charge in [-0.2, -0.15) is 0 Å². The van der Waals surface area contributed by atoms with Gasteiger partial charge in [0.15, 0.2) is 0 Å². The number of hydrogen-bond acceptors (Lipinski definition) is 4. The summed E-state index contributed by atoms with van der Waals surface area (Å²) in [7, 11) is 0. The lowest BCUT2D eigenvalue weighted by molar-refractivity contribution is 0.0531. The third-order valence-corrected chi connectivity index (χ3v) is 3.03. The molecule has 0 radical (unpaired) electrons. The molecule has 1 aromatic rings. The summed E-state index contributed by atoms with van der Waals surface area (Å²) >= 11 is 0. The molecular formula is C13H21N3O. The normalized spacial score (nSPS) is 20.6. The van der Waals surface area contributed by atoms with Crippen LogP contribution in [0.5, 0.6) is 0 Å². The monoisotopic (exact) mass is 235 g/mol. The summed E-state index contributed by atoms with van der Waals surface area (Å²) in [6.45, 7) is 8.84. The molecule has 0 spiro atoms. The molecule has 1 N–H and O–H groups in total. The maximum atomic E-state index is 5.57. The highest BCUT2D eigenvalue weighted by Gasteiger charge is 2.19. The Labute approximate surface area is 103 Å². The van der Waals surface area contributed by atoms with Crippen LogP contribution in [0.2, 0.25) is 0 Å². The first-order valence-electron chi connectivity index (χ1n) is 6.31. The standard InChI is InChI=1S/C13H21N3O/c1-3-14-8-12-4-5-15-9-13(12)16-6-7-17-11(2)10-16/h4-5,9,11,14H,3,6-8,10H2,1-2H3. The van der Waals surface area contributed by atoms with Gasteiger partial charge in [0.2, 0.25) is 0 Å². The Balaban J connectivity index is 2.12. The smallest absolute Gasteiger partial charge is 0.0722 e. The van der Waals surface area contributed by atoms with Gasteiger partial charge in [-0.15, -0.1) is 0 Å². The quantitative estimate of drug-likeness (QED) is 0.856. The molecule has 1 saturated heterocycles. The second-order valence-corrected chi connectivity index (χ2v) is 4.41. The minimum atomic E-state index is 0.302. The van der Waals surface area contributed by atoms with Gasteiger partial charge in [-0.1, -0.05) is 6.92 Å². The minimum absolute atomic E-state index is 0.302. The van der Waals surface area contributed by atoms with Crippen molar-refractivity contribution in [3.05, 3.63) is 24.0 Å². The molecule has 94 valence electrons. The summed E-state index contributed by atoms with van der Waals surface area (Å²) in [6.07, 6.45) is 4.13. The van der Waals surface area contributed by atoms with E-state index in [0.29, 0.717) is 6.10 Å². The van der Waals surface area contributed by atoms with Gasteiger partial charge in [-0.05, 0) is 25.1 Å². The third kappa shape index (κ3) is 3.17. The van der Waals surface area contributed by atoms with Gasteiger partial charge in [0, 0.05) is 25.8 Å². The van der Waals surface area contributed by atoms with E-state index in [9.17, 15) is 0 Å². The average molecular weight is 235 g/mol. The number of hydrogen-bond donors (Lipinski definition) is 1. The van der Waals surface area contributed by atoms with Gasteiger partial charge in [-0.25, -0.2) is 0 Å². The Morgan fingerprint density at radius 3 is 3.24 bits per heavy atom. The molecule has 2 rings (SSSR count). The highest BCUT2D eigenvalue weighted by molar-refractivity contribution is 5.52. The molecule has 0 amide bonds. The molecule has 17 heavy (non-hydrogen) atoms. The first-order chi connectivity index (χ1) is 8.31. The van der Waals surface area contributed by atoms with Gasteiger partial charge in [0.25, 0.3) is 0 Å². The van der Waals surface area contributed by atoms with E-state index in [-0.39, 0.29) is 0 Å². The molecule has 1 aliphatic rings. The number of ether oxygens (including phenoxy) is 1. The lowest BCUT2D eigenvalue weighted by Crippen LogP contribution is -2.41. The van der Waals surface area contributed by atoms with Crippen LogP contribution in [0, 0.1) is 0 Å². The summed E-state index contributed by atoms with van der Waals surface area (Å²) in [5, 5.41) is 3.37. The molecule has 0 aliphatic carbocycles. The van der Waals surface area contributed by atoms with Crippen molar-refractivity contribution in [2.24, 2.45) is 0 Å². The molecule has 0 aromatic carbocycles. The van der Waals surface area contributed by atoms with E-state index in [4.69, 9.17) is 4.74 Å². The third-order valence-electron chi connectivity index (χ3n) is 3.03. The van der Waals surface area contributed by atoms with Crippen LogP contribution in [0.4, 0.5) is 5.69 Å². The van der Waals surface area contributed by atoms with Crippen molar-refractivity contribution in [2.75, 3.05) is 31.1 Å². The number of rotatable bonds is 4. The maximum Gasteiger partial charge on any atom is 0.0722 e. The topological polar surface area (TPSA) is 37.4 Å². The van der Waals surface area contributed by atoms with Crippen LogP contribution in [0.3, 0.4) is 0 Å². The molecule has 4 nitrogen and oxygen atoms in total. The molecule has 1 atom stereocenters. The number of aromatic nitrogens is 1. The average Bonchev–Trinajstić information content (AvgIpc) is 2.37. The predicted octanol–water partition coefficient (Wildman–Crippen LogP) is 1.42. The fourth-order valence-electron chi connectivity index (χ4n) is 2.15. The Hall–Kier alpha value is -1.13. The Kier molecular flexibility index (Phi) is 4.34. The molecule has 1 fully saturated rings. The summed E-state index contributed by atoms with van der Waals surface area (Å²) in [5.74, 6) is 0. The van der Waals surface area contributed by atoms with Crippen LogP contribution in [0.1, 0.15) is 19.4 Å². The van der Waals surface area contributed by atoms with Gasteiger partial charge in [-0.3, -0.25) is 4.98 Å².